The number of nitrogens with two attached hydrogens (primary N) is 2. The van der Waals surface area contributed by atoms with Gasteiger partial charge in [0.25, 0.3) is 0 Å². The maximum absolute atomic E-state index is 11.9. The number of hydrogen-bond donors (Lipinski definition) is 5. The number of hydrogen-bond acceptors (Lipinski definition) is 9. The standard InChI is InChI=1S/C14H24N4O3S.C8H13NOS.CH4.2H2/c1-9(16)11(4-2-3-5-15)18-12(19)7-17-14(21)10-6-13(20)22-8-10;1-3-9-6(2)7-4-8(10)11-5-7;;;/h10-11H,1-8,15-16H2,(H,17,21)(H,18,19);7,9H,2-5H2,1H3;1H4;2*1H/t10-,11+;7-;;;/m11.../s1. The van der Waals surface area contributed by atoms with Crippen molar-refractivity contribution in [2.75, 3.05) is 31.1 Å². The van der Waals surface area contributed by atoms with Crippen LogP contribution in [-0.2, 0) is 19.2 Å². The van der Waals surface area contributed by atoms with Crippen LogP contribution in [0.5, 0.6) is 0 Å². The van der Waals surface area contributed by atoms with E-state index in [4.69, 9.17) is 11.5 Å². The van der Waals surface area contributed by atoms with Crippen molar-refractivity contribution in [2.24, 2.45) is 23.3 Å². The van der Waals surface area contributed by atoms with Gasteiger partial charge in [-0.2, -0.15) is 0 Å². The summed E-state index contributed by atoms with van der Waals surface area (Å²) in [6, 6.07) is -0.320. The molecule has 2 rings (SSSR count). The van der Waals surface area contributed by atoms with Gasteiger partial charge in [-0.15, -0.1) is 0 Å². The van der Waals surface area contributed by atoms with Gasteiger partial charge in [-0.25, -0.2) is 0 Å². The first-order chi connectivity index (χ1) is 15.7. The topological polar surface area (TPSA) is 156 Å². The van der Waals surface area contributed by atoms with Gasteiger partial charge in [0.05, 0.1) is 18.5 Å². The number of thioether (sulfide) groups is 2. The zero-order chi connectivity index (χ0) is 24.8. The number of carbonyl (C=O) groups excluding carboxylic acids is 4. The highest BCUT2D eigenvalue weighted by atomic mass is 32.2. The molecule has 2 amide bonds. The van der Waals surface area contributed by atoms with E-state index in [1.165, 1.54) is 11.8 Å². The molecule has 0 spiro atoms. The molecule has 198 valence electrons. The average molecular weight is 520 g/mol. The molecule has 11 heteroatoms. The lowest BCUT2D eigenvalue weighted by Crippen LogP contribution is -2.45. The number of carbonyl (C=O) groups is 4. The number of amides is 2. The first-order valence-electron chi connectivity index (χ1n) is 11.1. The van der Waals surface area contributed by atoms with Crippen LogP contribution >= 0.6 is 23.5 Å². The highest BCUT2D eigenvalue weighted by Gasteiger charge is 2.29. The Kier molecular flexibility index (Phi) is 16.4. The van der Waals surface area contributed by atoms with Crippen molar-refractivity contribution in [2.45, 2.75) is 52.5 Å². The summed E-state index contributed by atoms with van der Waals surface area (Å²) in [5.41, 5.74) is 12.5. The Labute approximate surface area is 215 Å². The lowest BCUT2D eigenvalue weighted by Gasteiger charge is -2.19. The fraction of sp³-hybridized carbons (Fsp3) is 0.652. The molecule has 34 heavy (non-hydrogen) atoms. The highest BCUT2D eigenvalue weighted by molar-refractivity contribution is 8.14. The largest absolute Gasteiger partial charge is 0.401 e. The van der Waals surface area contributed by atoms with E-state index >= 15 is 0 Å². The van der Waals surface area contributed by atoms with Crippen LogP contribution in [-0.4, -0.2) is 59.2 Å². The van der Waals surface area contributed by atoms with Gasteiger partial charge in [0, 0.05) is 51.1 Å². The van der Waals surface area contributed by atoms with E-state index in [2.05, 4.69) is 29.1 Å². The van der Waals surface area contributed by atoms with E-state index in [0.717, 1.165) is 42.6 Å². The second-order valence-corrected chi connectivity index (χ2v) is 10.1. The maximum Gasteiger partial charge on any atom is 0.239 e. The van der Waals surface area contributed by atoms with Crippen LogP contribution in [0.4, 0.5) is 0 Å². The molecule has 0 aromatic carbocycles. The molecule has 0 saturated carbocycles. The zero-order valence-corrected chi connectivity index (χ0v) is 21.0. The summed E-state index contributed by atoms with van der Waals surface area (Å²) in [5, 5.41) is 8.75. The molecule has 2 aliphatic rings. The molecule has 2 fully saturated rings. The van der Waals surface area contributed by atoms with Crippen molar-refractivity contribution in [1.29, 1.82) is 0 Å². The van der Waals surface area contributed by atoms with Gasteiger partial charge in [-0.05, 0) is 32.7 Å². The molecular formula is C23H45N5O4S2. The molecule has 3 atom stereocenters. The summed E-state index contributed by atoms with van der Waals surface area (Å²) in [4.78, 5) is 45.6. The minimum Gasteiger partial charge on any atom is -0.401 e. The van der Waals surface area contributed by atoms with Crippen molar-refractivity contribution in [3.8, 4) is 0 Å². The van der Waals surface area contributed by atoms with E-state index < -0.39 is 0 Å². The molecule has 0 unspecified atom stereocenters. The first-order valence-corrected chi connectivity index (χ1v) is 13.1. The van der Waals surface area contributed by atoms with Crippen molar-refractivity contribution in [3.05, 3.63) is 24.6 Å². The summed E-state index contributed by atoms with van der Waals surface area (Å²) in [5.74, 6) is 0.829. The van der Waals surface area contributed by atoms with Gasteiger partial charge in [-0.3, -0.25) is 19.2 Å². The molecule has 0 bridgehead atoms. The van der Waals surface area contributed by atoms with E-state index in [1.54, 1.807) is 0 Å². The van der Waals surface area contributed by atoms with Crippen LogP contribution < -0.4 is 27.4 Å². The third kappa shape index (κ3) is 12.5. The predicted molar refractivity (Wildman–Crippen MR) is 146 cm³/mol. The zero-order valence-electron chi connectivity index (χ0n) is 19.3. The summed E-state index contributed by atoms with van der Waals surface area (Å²) >= 11 is 2.57. The molecule has 0 aromatic heterocycles. The molecule has 0 aromatic rings. The van der Waals surface area contributed by atoms with Gasteiger partial charge in [0.15, 0.2) is 10.2 Å². The molecular weight excluding hydrogens is 474 g/mol. The van der Waals surface area contributed by atoms with Crippen molar-refractivity contribution in [3.63, 3.8) is 0 Å². The molecule has 9 nitrogen and oxygen atoms in total. The Morgan fingerprint density at radius 2 is 1.68 bits per heavy atom. The Bertz CT molecular complexity index is 743. The van der Waals surface area contributed by atoms with Gasteiger partial charge in [0.2, 0.25) is 11.8 Å². The van der Waals surface area contributed by atoms with Crippen molar-refractivity contribution >= 4 is 45.6 Å². The quantitative estimate of drug-likeness (QED) is 0.243. The number of allylic oxidation sites excluding steroid dienone is 1. The predicted octanol–water partition coefficient (Wildman–Crippen LogP) is 1.99. The van der Waals surface area contributed by atoms with E-state index in [1.807, 2.05) is 6.92 Å². The molecule has 2 saturated heterocycles. The Morgan fingerprint density at radius 3 is 2.15 bits per heavy atom. The highest BCUT2D eigenvalue weighted by Crippen LogP contribution is 2.28. The van der Waals surface area contributed by atoms with Crippen LogP contribution in [0.3, 0.4) is 0 Å². The molecule has 0 aliphatic carbocycles. The summed E-state index contributed by atoms with van der Waals surface area (Å²) in [6.07, 6.45) is 3.26. The van der Waals surface area contributed by atoms with Gasteiger partial charge in [-0.1, -0.05) is 44.1 Å². The normalized spacial score (nSPS) is 19.8. The third-order valence-electron chi connectivity index (χ3n) is 5.14. The van der Waals surface area contributed by atoms with Gasteiger partial charge >= 0.3 is 0 Å². The van der Waals surface area contributed by atoms with Crippen LogP contribution in [0, 0.1) is 11.8 Å². The van der Waals surface area contributed by atoms with Crippen molar-refractivity contribution < 1.29 is 22.0 Å². The number of unbranched alkanes of at least 4 members (excludes halogenated alkanes) is 1. The average Bonchev–Trinajstić information content (AvgIpc) is 3.40. The summed E-state index contributed by atoms with van der Waals surface area (Å²) in [7, 11) is 0. The fourth-order valence-corrected chi connectivity index (χ4v) is 5.19. The molecule has 2 aliphatic heterocycles. The van der Waals surface area contributed by atoms with Crippen molar-refractivity contribution in [1.82, 2.24) is 16.0 Å². The molecule has 2 heterocycles. The lowest BCUT2D eigenvalue weighted by molar-refractivity contribution is -0.129. The minimum absolute atomic E-state index is 0. The van der Waals surface area contributed by atoms with Gasteiger partial charge in [0.1, 0.15) is 0 Å². The molecule has 0 radical (unpaired) electrons. The number of rotatable bonds is 12. The fourth-order valence-electron chi connectivity index (χ4n) is 3.19. The Hall–Kier alpha value is -1.98. The lowest BCUT2D eigenvalue weighted by atomic mass is 10.1. The second-order valence-electron chi connectivity index (χ2n) is 7.92. The maximum atomic E-state index is 11.9. The van der Waals surface area contributed by atoms with Crippen LogP contribution in [0.1, 0.15) is 49.3 Å². The number of nitrogens with one attached hydrogen (secondary N) is 3. The monoisotopic (exact) mass is 519 g/mol. The minimum atomic E-state index is -0.338. The summed E-state index contributed by atoms with van der Waals surface area (Å²) < 4.78 is 0. The van der Waals surface area contributed by atoms with Gasteiger partial charge < -0.3 is 27.4 Å². The Balaban J connectivity index is -0.000000664. The van der Waals surface area contributed by atoms with Crippen LogP contribution in [0.2, 0.25) is 0 Å². The Morgan fingerprint density at radius 1 is 1.09 bits per heavy atom. The van der Waals surface area contributed by atoms with E-state index in [-0.39, 0.29) is 52.1 Å². The second kappa shape index (κ2) is 17.5. The van der Waals surface area contributed by atoms with E-state index in [9.17, 15) is 19.2 Å². The SMILES string of the molecule is C.C=C(N)[C@H](CCCCN)NC(=O)CNC(=O)[C@H]1CSC(=O)C1.C=C(NCC)[C@H]1CSC(=O)C1.[HH].[HH]. The first kappa shape index (κ1) is 32.0. The summed E-state index contributed by atoms with van der Waals surface area (Å²) in [6.45, 7) is 10.9. The third-order valence-corrected chi connectivity index (χ3v) is 7.25. The van der Waals surface area contributed by atoms with Crippen LogP contribution in [0.25, 0.3) is 0 Å². The van der Waals surface area contributed by atoms with Crippen LogP contribution in [0.15, 0.2) is 24.6 Å². The van der Waals surface area contributed by atoms with E-state index in [0.29, 0.717) is 41.9 Å². The smallest absolute Gasteiger partial charge is 0.239 e. The molecule has 7 N–H and O–H groups in total.